The van der Waals surface area contributed by atoms with Gasteiger partial charge in [0.2, 0.25) is 5.91 Å². The van der Waals surface area contributed by atoms with E-state index >= 15 is 0 Å². The Morgan fingerprint density at radius 2 is 2.35 bits per heavy atom. The average molecular weight is 341 g/mol. The molecule has 2 heterocycles. The largest absolute Gasteiger partial charge is 0.329 e. The molecule has 0 bridgehead atoms. The van der Waals surface area contributed by atoms with Gasteiger partial charge in [0.05, 0.1) is 6.54 Å². The number of hydrogen-bond acceptors (Lipinski definition) is 4. The highest BCUT2D eigenvalue weighted by Gasteiger charge is 2.28. The van der Waals surface area contributed by atoms with Gasteiger partial charge in [0.15, 0.2) is 0 Å². The Balaban J connectivity index is 1.94. The van der Waals surface area contributed by atoms with Gasteiger partial charge in [0, 0.05) is 29.3 Å². The third-order valence-electron chi connectivity index (χ3n) is 3.79. The predicted molar refractivity (Wildman–Crippen MR) is 83.4 cm³/mol. The lowest BCUT2D eigenvalue weighted by atomic mass is 9.96. The summed E-state index contributed by atoms with van der Waals surface area (Å²) in [6.45, 7) is 3.14. The summed E-state index contributed by atoms with van der Waals surface area (Å²) in [4.78, 5) is 18.5. The summed E-state index contributed by atoms with van der Waals surface area (Å²) in [6.07, 6.45) is 5.06. The van der Waals surface area contributed by atoms with Crippen LogP contribution >= 0.6 is 15.9 Å². The summed E-state index contributed by atoms with van der Waals surface area (Å²) >= 11 is 3.32. The van der Waals surface area contributed by atoms with E-state index in [0.717, 1.165) is 17.3 Å². The van der Waals surface area contributed by atoms with Crippen molar-refractivity contribution in [3.8, 4) is 0 Å². The van der Waals surface area contributed by atoms with Gasteiger partial charge in [0.25, 0.3) is 0 Å². The number of amides is 1. The second-order valence-corrected chi connectivity index (χ2v) is 6.17. The van der Waals surface area contributed by atoms with E-state index in [1.165, 1.54) is 6.42 Å². The first kappa shape index (κ1) is 15.4. The lowest BCUT2D eigenvalue weighted by molar-refractivity contribution is -0.119. The highest BCUT2D eigenvalue weighted by atomic mass is 79.9. The third-order valence-corrected chi connectivity index (χ3v) is 4.26. The zero-order valence-corrected chi connectivity index (χ0v) is 13.3. The fourth-order valence-corrected chi connectivity index (χ4v) is 2.91. The van der Waals surface area contributed by atoms with E-state index < -0.39 is 0 Å². The molecular formula is C14H21BrN4O. The maximum atomic E-state index is 12.1. The molecule has 0 saturated carbocycles. The number of carbonyl (C=O) groups excluding carboxylic acids is 1. The Labute approximate surface area is 128 Å². The monoisotopic (exact) mass is 340 g/mol. The standard InChI is InChI=1S/C14H21BrN4O/c1-10-3-2-4-12(7-16)19(10)9-14(20)18-13-6-5-11(15)8-17-13/h5-6,8,10,12H,2-4,7,9,16H2,1H3,(H,17,18,20). The maximum absolute atomic E-state index is 12.1. The lowest BCUT2D eigenvalue weighted by Gasteiger charge is -2.39. The Morgan fingerprint density at radius 3 is 3.00 bits per heavy atom. The van der Waals surface area contributed by atoms with Crippen LogP contribution in [0.15, 0.2) is 22.8 Å². The van der Waals surface area contributed by atoms with Crippen LogP contribution in [0, 0.1) is 0 Å². The lowest BCUT2D eigenvalue weighted by Crippen LogP contribution is -2.51. The Morgan fingerprint density at radius 1 is 1.55 bits per heavy atom. The number of pyridine rings is 1. The first-order valence-corrected chi connectivity index (χ1v) is 7.76. The number of nitrogens with zero attached hydrogens (tertiary/aromatic N) is 2. The summed E-state index contributed by atoms with van der Waals surface area (Å²) < 4.78 is 0.892. The van der Waals surface area contributed by atoms with Crippen LogP contribution in [0.2, 0.25) is 0 Å². The minimum absolute atomic E-state index is 0.0352. The Kier molecular flexibility index (Phi) is 5.51. The normalized spacial score (nSPS) is 23.6. The average Bonchev–Trinajstić information content (AvgIpc) is 2.43. The van der Waals surface area contributed by atoms with Crippen molar-refractivity contribution in [1.29, 1.82) is 0 Å². The van der Waals surface area contributed by atoms with Gasteiger partial charge in [-0.05, 0) is 47.8 Å². The molecule has 2 rings (SSSR count). The van der Waals surface area contributed by atoms with Gasteiger partial charge in [-0.15, -0.1) is 0 Å². The Bertz CT molecular complexity index is 451. The highest BCUT2D eigenvalue weighted by Crippen LogP contribution is 2.22. The number of nitrogens with two attached hydrogens (primary N) is 1. The molecule has 5 nitrogen and oxygen atoms in total. The number of carbonyl (C=O) groups is 1. The molecular weight excluding hydrogens is 320 g/mol. The summed E-state index contributed by atoms with van der Waals surface area (Å²) in [5, 5.41) is 2.83. The van der Waals surface area contributed by atoms with Gasteiger partial charge in [-0.3, -0.25) is 9.69 Å². The molecule has 6 heteroatoms. The predicted octanol–water partition coefficient (Wildman–Crippen LogP) is 1.98. The highest BCUT2D eigenvalue weighted by molar-refractivity contribution is 9.10. The van der Waals surface area contributed by atoms with E-state index in [9.17, 15) is 4.79 Å². The molecule has 0 aliphatic carbocycles. The van der Waals surface area contributed by atoms with Crippen LogP contribution in [-0.2, 0) is 4.79 Å². The second-order valence-electron chi connectivity index (χ2n) is 5.25. The zero-order valence-electron chi connectivity index (χ0n) is 11.7. The van der Waals surface area contributed by atoms with Crippen molar-refractivity contribution in [3.63, 3.8) is 0 Å². The number of nitrogens with one attached hydrogen (secondary N) is 1. The molecule has 1 saturated heterocycles. The smallest absolute Gasteiger partial charge is 0.239 e. The molecule has 110 valence electrons. The number of piperidine rings is 1. The van der Waals surface area contributed by atoms with Crippen molar-refractivity contribution in [1.82, 2.24) is 9.88 Å². The molecule has 1 aliphatic rings. The second kappa shape index (κ2) is 7.15. The van der Waals surface area contributed by atoms with Crippen molar-refractivity contribution in [2.75, 3.05) is 18.4 Å². The van der Waals surface area contributed by atoms with Crippen molar-refractivity contribution < 1.29 is 4.79 Å². The van der Waals surface area contributed by atoms with E-state index in [1.807, 2.05) is 6.07 Å². The fourth-order valence-electron chi connectivity index (χ4n) is 2.68. The fraction of sp³-hybridized carbons (Fsp3) is 0.571. The molecule has 0 aromatic carbocycles. The van der Waals surface area contributed by atoms with E-state index in [0.29, 0.717) is 31.0 Å². The van der Waals surface area contributed by atoms with E-state index in [2.05, 4.69) is 38.1 Å². The number of aromatic nitrogens is 1. The molecule has 0 spiro atoms. The quantitative estimate of drug-likeness (QED) is 0.879. The third kappa shape index (κ3) is 4.01. The van der Waals surface area contributed by atoms with Gasteiger partial charge in [-0.2, -0.15) is 0 Å². The van der Waals surface area contributed by atoms with Gasteiger partial charge >= 0.3 is 0 Å². The van der Waals surface area contributed by atoms with E-state index in [4.69, 9.17) is 5.73 Å². The van der Waals surface area contributed by atoms with Crippen LogP contribution in [0.3, 0.4) is 0 Å². The van der Waals surface area contributed by atoms with Crippen molar-refractivity contribution in [3.05, 3.63) is 22.8 Å². The van der Waals surface area contributed by atoms with Crippen LogP contribution in [0.5, 0.6) is 0 Å². The molecule has 0 radical (unpaired) electrons. The number of rotatable bonds is 4. The number of anilines is 1. The molecule has 3 N–H and O–H groups in total. The first-order chi connectivity index (χ1) is 9.60. The van der Waals surface area contributed by atoms with E-state index in [1.54, 1.807) is 12.3 Å². The van der Waals surface area contributed by atoms with Crippen LogP contribution < -0.4 is 11.1 Å². The van der Waals surface area contributed by atoms with Crippen LogP contribution in [0.4, 0.5) is 5.82 Å². The van der Waals surface area contributed by atoms with Gasteiger partial charge < -0.3 is 11.1 Å². The van der Waals surface area contributed by atoms with Crippen molar-refractivity contribution in [2.45, 2.75) is 38.3 Å². The molecule has 2 unspecified atom stereocenters. The molecule has 1 fully saturated rings. The maximum Gasteiger partial charge on any atom is 0.239 e. The zero-order chi connectivity index (χ0) is 14.5. The molecule has 1 aromatic heterocycles. The summed E-state index contributed by atoms with van der Waals surface area (Å²) in [6, 6.07) is 4.35. The molecule has 1 aliphatic heterocycles. The Hall–Kier alpha value is -0.980. The topological polar surface area (TPSA) is 71.2 Å². The van der Waals surface area contributed by atoms with Gasteiger partial charge in [-0.25, -0.2) is 4.98 Å². The summed E-state index contributed by atoms with van der Waals surface area (Å²) in [5.74, 6) is 0.541. The number of likely N-dealkylation sites (tertiary alicyclic amines) is 1. The molecule has 2 atom stereocenters. The molecule has 1 amide bonds. The summed E-state index contributed by atoms with van der Waals surface area (Å²) in [5.41, 5.74) is 5.81. The number of halogens is 1. The van der Waals surface area contributed by atoms with Crippen LogP contribution in [0.1, 0.15) is 26.2 Å². The minimum atomic E-state index is -0.0352. The minimum Gasteiger partial charge on any atom is -0.329 e. The van der Waals surface area contributed by atoms with Crippen LogP contribution in [-0.4, -0.2) is 41.0 Å². The van der Waals surface area contributed by atoms with Gasteiger partial charge in [0.1, 0.15) is 5.82 Å². The van der Waals surface area contributed by atoms with Crippen molar-refractivity contribution in [2.24, 2.45) is 5.73 Å². The van der Waals surface area contributed by atoms with Crippen LogP contribution in [0.25, 0.3) is 0 Å². The SMILES string of the molecule is CC1CCCC(CN)N1CC(=O)Nc1ccc(Br)cn1. The molecule has 1 aromatic rings. The van der Waals surface area contributed by atoms with Crippen molar-refractivity contribution >= 4 is 27.7 Å². The number of hydrogen-bond donors (Lipinski definition) is 2. The van der Waals surface area contributed by atoms with E-state index in [-0.39, 0.29) is 5.91 Å². The summed E-state index contributed by atoms with van der Waals surface area (Å²) in [7, 11) is 0. The van der Waals surface area contributed by atoms with Gasteiger partial charge in [-0.1, -0.05) is 6.42 Å². The molecule has 20 heavy (non-hydrogen) atoms. The first-order valence-electron chi connectivity index (χ1n) is 6.97.